The zero-order valence-electron chi connectivity index (χ0n) is 15.0. The van der Waals surface area contributed by atoms with E-state index in [2.05, 4.69) is 92.7 Å². The van der Waals surface area contributed by atoms with Crippen molar-refractivity contribution in [1.29, 1.82) is 0 Å². The fraction of sp³-hybridized carbons (Fsp3) is 0.120. The van der Waals surface area contributed by atoms with E-state index in [0.717, 1.165) is 11.2 Å². The first kappa shape index (κ1) is 15.2. The number of benzene rings is 4. The van der Waals surface area contributed by atoms with Gasteiger partial charge in [0.05, 0.1) is 0 Å². The van der Waals surface area contributed by atoms with Gasteiger partial charge < -0.3 is 4.42 Å². The first-order chi connectivity index (χ1) is 12.7. The molecule has 1 heterocycles. The molecular formula is C25H20O. The van der Waals surface area contributed by atoms with E-state index in [1.165, 1.54) is 38.2 Å². The van der Waals surface area contributed by atoms with Crippen molar-refractivity contribution in [1.82, 2.24) is 0 Å². The van der Waals surface area contributed by atoms with Crippen molar-refractivity contribution in [3.05, 3.63) is 84.4 Å². The molecule has 4 aromatic carbocycles. The van der Waals surface area contributed by atoms with Gasteiger partial charge >= 0.3 is 0 Å². The number of rotatable bonds is 2. The van der Waals surface area contributed by atoms with E-state index in [-0.39, 0.29) is 0 Å². The highest BCUT2D eigenvalue weighted by atomic mass is 16.3. The fourth-order valence-electron chi connectivity index (χ4n) is 4.01. The highest BCUT2D eigenvalue weighted by Crippen LogP contribution is 2.40. The van der Waals surface area contributed by atoms with Crippen LogP contribution in [0.15, 0.2) is 83.3 Å². The van der Waals surface area contributed by atoms with Crippen LogP contribution in [-0.4, -0.2) is 0 Å². The molecule has 5 rings (SSSR count). The number of furan rings is 1. The highest BCUT2D eigenvalue weighted by molar-refractivity contribution is 6.15. The third-order valence-electron chi connectivity index (χ3n) is 5.25. The van der Waals surface area contributed by atoms with Crippen LogP contribution >= 0.6 is 0 Å². The summed E-state index contributed by atoms with van der Waals surface area (Å²) in [6.45, 7) is 4.43. The van der Waals surface area contributed by atoms with Crippen molar-refractivity contribution >= 4 is 32.7 Å². The Morgan fingerprint density at radius 3 is 2.23 bits per heavy atom. The van der Waals surface area contributed by atoms with Gasteiger partial charge in [0.15, 0.2) is 0 Å². The standard InChI is InChI=1S/C25H20O/c1-16(2)18-11-6-14-22-24-21(13-7-15-23(24)26-25(18)22)20-12-5-9-17-8-3-4-10-19(17)20/h3-16H,1-2H3. The molecule has 126 valence electrons. The van der Waals surface area contributed by atoms with Gasteiger partial charge in [0.1, 0.15) is 11.2 Å². The van der Waals surface area contributed by atoms with E-state index in [9.17, 15) is 0 Å². The quantitative estimate of drug-likeness (QED) is 0.325. The summed E-state index contributed by atoms with van der Waals surface area (Å²) in [5.74, 6) is 0.431. The Labute approximate surface area is 152 Å². The molecule has 0 N–H and O–H groups in total. The van der Waals surface area contributed by atoms with Gasteiger partial charge in [-0.1, -0.05) is 86.6 Å². The maximum atomic E-state index is 6.32. The summed E-state index contributed by atoms with van der Waals surface area (Å²) in [4.78, 5) is 0. The Balaban J connectivity index is 1.92. The lowest BCUT2D eigenvalue weighted by atomic mass is 9.93. The van der Waals surface area contributed by atoms with Crippen LogP contribution in [0.2, 0.25) is 0 Å². The predicted octanol–water partition coefficient (Wildman–Crippen LogP) is 7.53. The highest BCUT2D eigenvalue weighted by Gasteiger charge is 2.16. The number of fused-ring (bicyclic) bond motifs is 4. The molecular weight excluding hydrogens is 316 g/mol. The van der Waals surface area contributed by atoms with Gasteiger partial charge in [0.25, 0.3) is 0 Å². The maximum absolute atomic E-state index is 6.32. The molecule has 0 aliphatic heterocycles. The van der Waals surface area contributed by atoms with Gasteiger partial charge in [0.2, 0.25) is 0 Å². The molecule has 26 heavy (non-hydrogen) atoms. The van der Waals surface area contributed by atoms with Crippen LogP contribution in [0, 0.1) is 0 Å². The maximum Gasteiger partial charge on any atom is 0.138 e. The van der Waals surface area contributed by atoms with Crippen LogP contribution in [0.25, 0.3) is 43.8 Å². The lowest BCUT2D eigenvalue weighted by molar-refractivity contribution is 0.657. The Morgan fingerprint density at radius 2 is 1.35 bits per heavy atom. The van der Waals surface area contributed by atoms with Crippen LogP contribution in [0.1, 0.15) is 25.3 Å². The molecule has 0 atom stereocenters. The molecule has 1 aromatic heterocycles. The molecule has 0 saturated carbocycles. The average Bonchev–Trinajstić information content (AvgIpc) is 3.06. The summed E-state index contributed by atoms with van der Waals surface area (Å²) < 4.78 is 6.32. The van der Waals surface area contributed by atoms with Crippen molar-refractivity contribution in [2.24, 2.45) is 0 Å². The SMILES string of the molecule is CC(C)c1cccc2c1oc1cccc(-c3cccc4ccccc34)c12. The Bertz CT molecular complexity index is 1250. The largest absolute Gasteiger partial charge is 0.456 e. The van der Waals surface area contributed by atoms with Gasteiger partial charge in [-0.2, -0.15) is 0 Å². The molecule has 1 heteroatoms. The van der Waals surface area contributed by atoms with Gasteiger partial charge in [-0.3, -0.25) is 0 Å². The summed E-state index contributed by atoms with van der Waals surface area (Å²) in [5, 5.41) is 4.95. The Hall–Kier alpha value is -3.06. The predicted molar refractivity (Wildman–Crippen MR) is 111 cm³/mol. The summed E-state index contributed by atoms with van der Waals surface area (Å²) in [6, 6.07) is 28.0. The average molecular weight is 336 g/mol. The molecule has 0 unspecified atom stereocenters. The zero-order chi connectivity index (χ0) is 17.7. The minimum absolute atomic E-state index is 0.431. The van der Waals surface area contributed by atoms with Crippen molar-refractivity contribution in [3.8, 4) is 11.1 Å². The molecule has 0 spiro atoms. The molecule has 0 radical (unpaired) electrons. The third kappa shape index (κ3) is 2.17. The summed E-state index contributed by atoms with van der Waals surface area (Å²) in [7, 11) is 0. The van der Waals surface area contributed by atoms with Crippen LogP contribution in [0.5, 0.6) is 0 Å². The fourth-order valence-corrected chi connectivity index (χ4v) is 4.01. The lowest BCUT2D eigenvalue weighted by Crippen LogP contribution is -1.87. The first-order valence-corrected chi connectivity index (χ1v) is 9.16. The van der Waals surface area contributed by atoms with E-state index < -0.39 is 0 Å². The van der Waals surface area contributed by atoms with Crippen molar-refractivity contribution in [2.45, 2.75) is 19.8 Å². The van der Waals surface area contributed by atoms with E-state index >= 15 is 0 Å². The van der Waals surface area contributed by atoms with Crippen LogP contribution < -0.4 is 0 Å². The van der Waals surface area contributed by atoms with Crippen LogP contribution in [-0.2, 0) is 0 Å². The molecule has 0 aliphatic rings. The van der Waals surface area contributed by atoms with Crippen molar-refractivity contribution in [2.75, 3.05) is 0 Å². The molecule has 0 saturated heterocycles. The Morgan fingerprint density at radius 1 is 0.654 bits per heavy atom. The van der Waals surface area contributed by atoms with E-state index in [1.54, 1.807) is 0 Å². The number of hydrogen-bond acceptors (Lipinski definition) is 1. The molecule has 0 fully saturated rings. The molecule has 0 bridgehead atoms. The number of hydrogen-bond donors (Lipinski definition) is 0. The van der Waals surface area contributed by atoms with Crippen LogP contribution in [0.3, 0.4) is 0 Å². The number of para-hydroxylation sites is 1. The summed E-state index contributed by atoms with van der Waals surface area (Å²) in [6.07, 6.45) is 0. The van der Waals surface area contributed by atoms with Gasteiger partial charge in [0, 0.05) is 10.8 Å². The topological polar surface area (TPSA) is 13.1 Å². The Kier molecular flexibility index (Phi) is 3.36. The monoisotopic (exact) mass is 336 g/mol. The van der Waals surface area contributed by atoms with Gasteiger partial charge in [-0.25, -0.2) is 0 Å². The lowest BCUT2D eigenvalue weighted by Gasteiger charge is -2.08. The molecule has 1 nitrogen and oxygen atoms in total. The minimum atomic E-state index is 0.431. The zero-order valence-corrected chi connectivity index (χ0v) is 15.0. The molecule has 0 amide bonds. The second-order valence-electron chi connectivity index (χ2n) is 7.19. The minimum Gasteiger partial charge on any atom is -0.456 e. The molecule has 5 aromatic rings. The summed E-state index contributed by atoms with van der Waals surface area (Å²) in [5.41, 5.74) is 5.73. The van der Waals surface area contributed by atoms with Gasteiger partial charge in [-0.05, 0) is 39.4 Å². The second-order valence-corrected chi connectivity index (χ2v) is 7.19. The summed E-state index contributed by atoms with van der Waals surface area (Å²) >= 11 is 0. The van der Waals surface area contributed by atoms with Crippen molar-refractivity contribution in [3.63, 3.8) is 0 Å². The normalized spacial score (nSPS) is 11.8. The van der Waals surface area contributed by atoms with Crippen molar-refractivity contribution < 1.29 is 4.42 Å². The molecule has 0 aliphatic carbocycles. The first-order valence-electron chi connectivity index (χ1n) is 9.16. The van der Waals surface area contributed by atoms with Crippen LogP contribution in [0.4, 0.5) is 0 Å². The van der Waals surface area contributed by atoms with E-state index in [4.69, 9.17) is 4.42 Å². The van der Waals surface area contributed by atoms with E-state index in [1.807, 2.05) is 0 Å². The third-order valence-corrected chi connectivity index (χ3v) is 5.25. The second kappa shape index (κ2) is 5.74. The smallest absolute Gasteiger partial charge is 0.138 e. The van der Waals surface area contributed by atoms with E-state index in [0.29, 0.717) is 5.92 Å². The van der Waals surface area contributed by atoms with Gasteiger partial charge in [-0.15, -0.1) is 0 Å².